The fourth-order valence-corrected chi connectivity index (χ4v) is 2.23. The Labute approximate surface area is 83.5 Å². The van der Waals surface area contributed by atoms with E-state index in [1.54, 1.807) is 0 Å². The molecule has 0 aromatic rings. The molecule has 0 radical (unpaired) electrons. The van der Waals surface area contributed by atoms with Crippen LogP contribution in [0.25, 0.3) is 0 Å². The highest BCUT2D eigenvalue weighted by Gasteiger charge is 2.07. The molecule has 1 saturated heterocycles. The van der Waals surface area contributed by atoms with E-state index in [1.807, 2.05) is 0 Å². The molecule has 0 amide bonds. The molecule has 1 aliphatic heterocycles. The van der Waals surface area contributed by atoms with Crippen LogP contribution in [0, 0.1) is 5.92 Å². The lowest BCUT2D eigenvalue weighted by molar-refractivity contribution is 0.258. The van der Waals surface area contributed by atoms with Crippen LogP contribution in [0.5, 0.6) is 0 Å². The van der Waals surface area contributed by atoms with Gasteiger partial charge in [-0.05, 0) is 38.4 Å². The smallest absolute Gasteiger partial charge is 0.00189 e. The number of hydrogen-bond donors (Lipinski definition) is 0. The molecule has 1 rings (SSSR count). The van der Waals surface area contributed by atoms with Gasteiger partial charge in [0.05, 0.1) is 0 Å². The van der Waals surface area contributed by atoms with Crippen molar-refractivity contribution in [3.05, 3.63) is 0 Å². The molecule has 0 bridgehead atoms. The summed E-state index contributed by atoms with van der Waals surface area (Å²) in [5, 5.41) is 0. The van der Waals surface area contributed by atoms with Gasteiger partial charge in [0.15, 0.2) is 0 Å². The lowest BCUT2D eigenvalue weighted by Crippen LogP contribution is -2.26. The summed E-state index contributed by atoms with van der Waals surface area (Å²) in [6.07, 6.45) is 8.63. The first kappa shape index (κ1) is 11.0. The van der Waals surface area contributed by atoms with Crippen molar-refractivity contribution in [3.8, 4) is 0 Å². The Hall–Kier alpha value is -0.0400. The molecule has 0 aliphatic carbocycles. The van der Waals surface area contributed by atoms with Gasteiger partial charge in [-0.25, -0.2) is 0 Å². The highest BCUT2D eigenvalue weighted by atomic mass is 15.1. The van der Waals surface area contributed by atoms with E-state index in [-0.39, 0.29) is 0 Å². The summed E-state index contributed by atoms with van der Waals surface area (Å²) >= 11 is 0. The van der Waals surface area contributed by atoms with Crippen molar-refractivity contribution in [2.45, 2.75) is 52.4 Å². The predicted molar refractivity (Wildman–Crippen MR) is 59.0 cm³/mol. The van der Waals surface area contributed by atoms with Crippen molar-refractivity contribution in [2.24, 2.45) is 5.92 Å². The monoisotopic (exact) mass is 183 g/mol. The molecule has 13 heavy (non-hydrogen) atoms. The van der Waals surface area contributed by atoms with Crippen molar-refractivity contribution in [3.63, 3.8) is 0 Å². The lowest BCUT2D eigenvalue weighted by atomic mass is 9.97. The average Bonchev–Trinajstić information content (AvgIpc) is 2.16. The van der Waals surface area contributed by atoms with Crippen molar-refractivity contribution >= 4 is 0 Å². The van der Waals surface area contributed by atoms with E-state index in [9.17, 15) is 0 Å². The fraction of sp³-hybridized carbons (Fsp3) is 1.00. The second-order valence-corrected chi connectivity index (χ2v) is 4.53. The van der Waals surface area contributed by atoms with E-state index in [0.717, 1.165) is 5.92 Å². The van der Waals surface area contributed by atoms with Crippen LogP contribution in [0.4, 0.5) is 0 Å². The van der Waals surface area contributed by atoms with Gasteiger partial charge < -0.3 is 4.90 Å². The molecule has 0 N–H and O–H groups in total. The minimum Gasteiger partial charge on any atom is -0.304 e. The highest BCUT2D eigenvalue weighted by Crippen LogP contribution is 2.17. The lowest BCUT2D eigenvalue weighted by Gasteiger charge is -2.22. The molecule has 0 aromatic carbocycles. The maximum atomic E-state index is 2.61. The molecule has 0 aromatic heterocycles. The Bertz CT molecular complexity index is 110. The Balaban J connectivity index is 2.24. The number of rotatable bonds is 1. The normalized spacial score (nSPS) is 24.5. The van der Waals surface area contributed by atoms with E-state index >= 15 is 0 Å². The summed E-state index contributed by atoms with van der Waals surface area (Å²) in [5.74, 6) is 0.980. The van der Waals surface area contributed by atoms with Gasteiger partial charge >= 0.3 is 0 Å². The molecule has 1 fully saturated rings. The summed E-state index contributed by atoms with van der Waals surface area (Å²) < 4.78 is 0. The number of nitrogens with zero attached hydrogens (tertiary/aromatic N) is 1. The third kappa shape index (κ3) is 4.66. The molecule has 78 valence electrons. The Kier molecular flexibility index (Phi) is 5.45. The van der Waals surface area contributed by atoms with Crippen molar-refractivity contribution < 1.29 is 0 Å². The van der Waals surface area contributed by atoms with Crippen LogP contribution in [-0.4, -0.2) is 24.5 Å². The van der Waals surface area contributed by atoms with Crippen LogP contribution in [-0.2, 0) is 0 Å². The average molecular weight is 183 g/mol. The van der Waals surface area contributed by atoms with E-state index in [0.29, 0.717) is 0 Å². The zero-order chi connectivity index (χ0) is 9.52. The zero-order valence-electron chi connectivity index (χ0n) is 9.39. The third-order valence-corrected chi connectivity index (χ3v) is 3.29. The summed E-state index contributed by atoms with van der Waals surface area (Å²) in [6.45, 7) is 8.62. The topological polar surface area (TPSA) is 3.24 Å². The molecule has 1 heterocycles. The van der Waals surface area contributed by atoms with Gasteiger partial charge in [0.1, 0.15) is 0 Å². The van der Waals surface area contributed by atoms with Crippen LogP contribution in [0.15, 0.2) is 0 Å². The molecule has 0 unspecified atom stereocenters. The van der Waals surface area contributed by atoms with E-state index < -0.39 is 0 Å². The van der Waals surface area contributed by atoms with Gasteiger partial charge in [0.25, 0.3) is 0 Å². The SMILES string of the molecule is CCN1CCCCC(C)CCCC1. The first-order valence-corrected chi connectivity index (χ1v) is 6.05. The molecule has 0 spiro atoms. The van der Waals surface area contributed by atoms with Gasteiger partial charge in [0.2, 0.25) is 0 Å². The molecular weight excluding hydrogens is 158 g/mol. The van der Waals surface area contributed by atoms with Crippen molar-refractivity contribution in [1.29, 1.82) is 0 Å². The van der Waals surface area contributed by atoms with Crippen molar-refractivity contribution in [2.75, 3.05) is 19.6 Å². The summed E-state index contributed by atoms with van der Waals surface area (Å²) in [7, 11) is 0. The molecule has 1 nitrogen and oxygen atoms in total. The molecule has 1 aliphatic rings. The Morgan fingerprint density at radius 1 is 1.00 bits per heavy atom. The van der Waals surface area contributed by atoms with Crippen molar-refractivity contribution in [1.82, 2.24) is 4.90 Å². The first-order chi connectivity index (χ1) is 6.33. The Morgan fingerprint density at radius 2 is 1.54 bits per heavy atom. The minimum atomic E-state index is 0.980. The van der Waals surface area contributed by atoms with Crippen LogP contribution >= 0.6 is 0 Å². The maximum absolute atomic E-state index is 2.61. The van der Waals surface area contributed by atoms with E-state index in [4.69, 9.17) is 0 Å². The summed E-state index contributed by atoms with van der Waals surface area (Å²) in [5.41, 5.74) is 0. The summed E-state index contributed by atoms with van der Waals surface area (Å²) in [6, 6.07) is 0. The largest absolute Gasteiger partial charge is 0.304 e. The standard InChI is InChI=1S/C12H25N/c1-3-13-10-6-4-8-12(2)9-5-7-11-13/h12H,3-11H2,1-2H3. The highest BCUT2D eigenvalue weighted by molar-refractivity contribution is 4.62. The second-order valence-electron chi connectivity index (χ2n) is 4.53. The first-order valence-electron chi connectivity index (χ1n) is 6.05. The fourth-order valence-electron chi connectivity index (χ4n) is 2.23. The molecule has 0 saturated carbocycles. The van der Waals surface area contributed by atoms with Crippen LogP contribution in [0.1, 0.15) is 52.4 Å². The van der Waals surface area contributed by atoms with Crippen LogP contribution < -0.4 is 0 Å². The second kappa shape index (κ2) is 6.42. The van der Waals surface area contributed by atoms with Crippen LogP contribution in [0.3, 0.4) is 0 Å². The summed E-state index contributed by atoms with van der Waals surface area (Å²) in [4.78, 5) is 2.61. The van der Waals surface area contributed by atoms with Gasteiger partial charge in [0, 0.05) is 0 Å². The van der Waals surface area contributed by atoms with E-state index in [2.05, 4.69) is 18.7 Å². The van der Waals surface area contributed by atoms with E-state index in [1.165, 1.54) is 58.2 Å². The maximum Gasteiger partial charge on any atom is -0.00189 e. The third-order valence-electron chi connectivity index (χ3n) is 3.29. The molecule has 1 heteroatoms. The van der Waals surface area contributed by atoms with Gasteiger partial charge in [-0.15, -0.1) is 0 Å². The predicted octanol–water partition coefficient (Wildman–Crippen LogP) is 3.30. The van der Waals surface area contributed by atoms with Gasteiger partial charge in [-0.1, -0.05) is 39.5 Å². The van der Waals surface area contributed by atoms with Gasteiger partial charge in [-0.3, -0.25) is 0 Å². The zero-order valence-corrected chi connectivity index (χ0v) is 9.39. The number of hydrogen-bond acceptors (Lipinski definition) is 1. The quantitative estimate of drug-likeness (QED) is 0.603. The molecule has 0 atom stereocenters. The molecular formula is C12H25N. The van der Waals surface area contributed by atoms with Gasteiger partial charge in [-0.2, -0.15) is 0 Å². The Morgan fingerprint density at radius 3 is 2.00 bits per heavy atom. The minimum absolute atomic E-state index is 0.980. The van der Waals surface area contributed by atoms with Crippen LogP contribution in [0.2, 0.25) is 0 Å².